The fraction of sp³-hybridized carbons (Fsp3) is 0.455. The van der Waals surface area contributed by atoms with Gasteiger partial charge in [-0.2, -0.15) is 0 Å². The third-order valence-corrected chi connectivity index (χ3v) is 3.04. The lowest BCUT2D eigenvalue weighted by atomic mass is 9.97. The van der Waals surface area contributed by atoms with Gasteiger partial charge in [-0.25, -0.2) is 0 Å². The highest BCUT2D eigenvalue weighted by molar-refractivity contribution is 6.31. The normalized spacial score (nSPS) is 20.7. The lowest BCUT2D eigenvalue weighted by Crippen LogP contribution is -2.21. The Hall–Kier alpha value is -0.690. The Morgan fingerprint density at radius 3 is 3.00 bits per heavy atom. The van der Waals surface area contributed by atoms with Gasteiger partial charge in [0, 0.05) is 16.8 Å². The van der Waals surface area contributed by atoms with Crippen LogP contribution in [0, 0.1) is 6.92 Å². The summed E-state index contributed by atoms with van der Waals surface area (Å²) in [7, 11) is 0. The molecule has 0 spiro atoms. The molecule has 0 aromatic heterocycles. The van der Waals surface area contributed by atoms with Gasteiger partial charge in [0.2, 0.25) is 0 Å². The van der Waals surface area contributed by atoms with Crippen molar-refractivity contribution in [3.05, 3.63) is 28.3 Å². The van der Waals surface area contributed by atoms with Gasteiger partial charge in [-0.15, -0.1) is 0 Å². The standard InChI is InChI=1S/C11H14ClN/c1-7-5-9-4-3-8(2)13-11(9)6-10(7)12/h5-6,8,13H,3-4H2,1-2H3/t8-/m1/s1. The number of halogens is 1. The van der Waals surface area contributed by atoms with Crippen LogP contribution in [-0.4, -0.2) is 6.04 Å². The first-order valence-corrected chi connectivity index (χ1v) is 5.10. The zero-order valence-corrected chi connectivity index (χ0v) is 8.78. The van der Waals surface area contributed by atoms with E-state index >= 15 is 0 Å². The smallest absolute Gasteiger partial charge is 0.0455 e. The second kappa shape index (κ2) is 3.22. The molecule has 1 nitrogen and oxygen atoms in total. The van der Waals surface area contributed by atoms with Gasteiger partial charge in [0.1, 0.15) is 0 Å². The van der Waals surface area contributed by atoms with Crippen molar-refractivity contribution >= 4 is 17.3 Å². The van der Waals surface area contributed by atoms with E-state index in [2.05, 4.69) is 25.2 Å². The molecule has 1 aliphatic rings. The summed E-state index contributed by atoms with van der Waals surface area (Å²) in [6.45, 7) is 4.26. The molecule has 0 saturated heterocycles. The van der Waals surface area contributed by atoms with E-state index in [0.717, 1.165) is 5.02 Å². The molecule has 1 aliphatic heterocycles. The van der Waals surface area contributed by atoms with E-state index in [0.29, 0.717) is 6.04 Å². The molecular formula is C11H14ClN. The fourth-order valence-electron chi connectivity index (χ4n) is 1.79. The van der Waals surface area contributed by atoms with Crippen LogP contribution in [0.25, 0.3) is 0 Å². The van der Waals surface area contributed by atoms with Crippen LogP contribution < -0.4 is 5.32 Å². The van der Waals surface area contributed by atoms with Gasteiger partial charge in [-0.1, -0.05) is 17.7 Å². The van der Waals surface area contributed by atoms with Gasteiger partial charge >= 0.3 is 0 Å². The van der Waals surface area contributed by atoms with Crippen LogP contribution >= 0.6 is 11.6 Å². The van der Waals surface area contributed by atoms with Crippen LogP contribution in [0.1, 0.15) is 24.5 Å². The second-order valence-electron chi connectivity index (χ2n) is 3.84. The average Bonchev–Trinajstić information content (AvgIpc) is 2.08. The number of aryl methyl sites for hydroxylation is 2. The summed E-state index contributed by atoms with van der Waals surface area (Å²) >= 11 is 6.05. The monoisotopic (exact) mass is 195 g/mol. The fourth-order valence-corrected chi connectivity index (χ4v) is 1.96. The van der Waals surface area contributed by atoms with E-state index < -0.39 is 0 Å². The zero-order valence-electron chi connectivity index (χ0n) is 8.02. The Morgan fingerprint density at radius 2 is 2.23 bits per heavy atom. The Labute approximate surface area is 84.1 Å². The van der Waals surface area contributed by atoms with Gasteiger partial charge in [0.25, 0.3) is 0 Å². The maximum Gasteiger partial charge on any atom is 0.0455 e. The number of anilines is 1. The van der Waals surface area contributed by atoms with Gasteiger partial charge < -0.3 is 5.32 Å². The van der Waals surface area contributed by atoms with Crippen molar-refractivity contribution in [2.45, 2.75) is 32.7 Å². The zero-order chi connectivity index (χ0) is 9.42. The van der Waals surface area contributed by atoms with E-state index in [1.54, 1.807) is 0 Å². The van der Waals surface area contributed by atoms with Gasteiger partial charge in [0.15, 0.2) is 0 Å². The Morgan fingerprint density at radius 1 is 1.46 bits per heavy atom. The molecule has 0 bridgehead atoms. The van der Waals surface area contributed by atoms with Crippen LogP contribution in [0.4, 0.5) is 5.69 Å². The summed E-state index contributed by atoms with van der Waals surface area (Å²) in [5.74, 6) is 0. The number of hydrogen-bond acceptors (Lipinski definition) is 1. The minimum absolute atomic E-state index is 0.575. The lowest BCUT2D eigenvalue weighted by molar-refractivity contribution is 0.680. The highest BCUT2D eigenvalue weighted by Gasteiger charge is 2.14. The molecule has 13 heavy (non-hydrogen) atoms. The molecule has 1 aromatic rings. The molecule has 70 valence electrons. The first kappa shape index (κ1) is 8.89. The number of benzene rings is 1. The molecule has 0 fully saturated rings. The Bertz CT molecular complexity index is 333. The van der Waals surface area contributed by atoms with Crippen molar-refractivity contribution in [1.29, 1.82) is 0 Å². The summed E-state index contributed by atoms with van der Waals surface area (Å²) in [5, 5.41) is 4.30. The van der Waals surface area contributed by atoms with Crippen LogP contribution in [0.2, 0.25) is 5.02 Å². The van der Waals surface area contributed by atoms with Crippen molar-refractivity contribution in [3.8, 4) is 0 Å². The number of nitrogens with one attached hydrogen (secondary N) is 1. The van der Waals surface area contributed by atoms with Crippen molar-refractivity contribution in [3.63, 3.8) is 0 Å². The van der Waals surface area contributed by atoms with E-state index in [4.69, 9.17) is 11.6 Å². The molecule has 2 rings (SSSR count). The molecule has 1 N–H and O–H groups in total. The van der Waals surface area contributed by atoms with Crippen molar-refractivity contribution in [2.75, 3.05) is 5.32 Å². The van der Waals surface area contributed by atoms with E-state index in [1.807, 2.05) is 6.07 Å². The molecule has 1 heterocycles. The van der Waals surface area contributed by atoms with E-state index in [1.165, 1.54) is 29.7 Å². The quantitative estimate of drug-likeness (QED) is 0.669. The highest BCUT2D eigenvalue weighted by atomic mass is 35.5. The van der Waals surface area contributed by atoms with E-state index in [-0.39, 0.29) is 0 Å². The van der Waals surface area contributed by atoms with Crippen molar-refractivity contribution < 1.29 is 0 Å². The molecule has 0 saturated carbocycles. The molecule has 0 radical (unpaired) electrons. The average molecular weight is 196 g/mol. The second-order valence-corrected chi connectivity index (χ2v) is 4.25. The Kier molecular flexibility index (Phi) is 2.20. The summed E-state index contributed by atoms with van der Waals surface area (Å²) in [6.07, 6.45) is 2.38. The Balaban J connectivity index is 2.43. The molecular weight excluding hydrogens is 182 g/mol. The van der Waals surface area contributed by atoms with Crippen molar-refractivity contribution in [2.24, 2.45) is 0 Å². The summed E-state index contributed by atoms with van der Waals surface area (Å²) in [4.78, 5) is 0. The van der Waals surface area contributed by atoms with Crippen molar-refractivity contribution in [1.82, 2.24) is 0 Å². The SMILES string of the molecule is Cc1cc2c(cc1Cl)N[C@H](C)CC2. The summed E-state index contributed by atoms with van der Waals surface area (Å²) in [5.41, 5.74) is 3.80. The molecule has 0 unspecified atom stereocenters. The van der Waals surface area contributed by atoms with Crippen LogP contribution in [0.3, 0.4) is 0 Å². The predicted octanol–water partition coefficient (Wildman–Crippen LogP) is 3.40. The first-order valence-electron chi connectivity index (χ1n) is 4.72. The predicted molar refractivity (Wildman–Crippen MR) is 57.6 cm³/mol. The van der Waals surface area contributed by atoms with Crippen LogP contribution in [0.15, 0.2) is 12.1 Å². The third-order valence-electron chi connectivity index (χ3n) is 2.63. The largest absolute Gasteiger partial charge is 0.382 e. The number of rotatable bonds is 0. The lowest BCUT2D eigenvalue weighted by Gasteiger charge is -2.24. The number of fused-ring (bicyclic) bond motifs is 1. The van der Waals surface area contributed by atoms with Crippen LogP contribution in [-0.2, 0) is 6.42 Å². The molecule has 0 amide bonds. The van der Waals surface area contributed by atoms with Gasteiger partial charge in [-0.3, -0.25) is 0 Å². The topological polar surface area (TPSA) is 12.0 Å². The summed E-state index contributed by atoms with van der Waals surface area (Å²) in [6, 6.07) is 4.81. The molecule has 2 heteroatoms. The van der Waals surface area contributed by atoms with Gasteiger partial charge in [0.05, 0.1) is 0 Å². The maximum atomic E-state index is 6.05. The molecule has 1 atom stereocenters. The molecule has 0 aliphatic carbocycles. The number of hydrogen-bond donors (Lipinski definition) is 1. The van der Waals surface area contributed by atoms with Gasteiger partial charge in [-0.05, 0) is 43.9 Å². The summed E-state index contributed by atoms with van der Waals surface area (Å²) < 4.78 is 0. The van der Waals surface area contributed by atoms with Crippen LogP contribution in [0.5, 0.6) is 0 Å². The molecule has 1 aromatic carbocycles. The van der Waals surface area contributed by atoms with E-state index in [9.17, 15) is 0 Å². The highest BCUT2D eigenvalue weighted by Crippen LogP contribution is 2.29. The minimum atomic E-state index is 0.575. The minimum Gasteiger partial charge on any atom is -0.382 e. The first-order chi connectivity index (χ1) is 6.16. The third kappa shape index (κ3) is 1.66. The maximum absolute atomic E-state index is 6.05.